The molecule has 0 N–H and O–H groups in total. The molecule has 8 nitrogen and oxygen atoms in total. The van der Waals surface area contributed by atoms with Gasteiger partial charge in [0.25, 0.3) is 5.69 Å². The number of aromatic nitrogens is 3. The maximum absolute atomic E-state index is 11.0. The molecule has 0 fully saturated rings. The Morgan fingerprint density at radius 3 is 2.44 bits per heavy atom. The van der Waals surface area contributed by atoms with Gasteiger partial charge in [-0.15, -0.1) is 0 Å². The van der Waals surface area contributed by atoms with Gasteiger partial charge in [-0.25, -0.2) is 9.67 Å². The number of methoxy groups -OCH3 is 2. The standard InChI is InChI=1S/C10H10N4O4/c1-17-9-3-7(13-6-11-5-12-13)8(14(15)16)4-10(9)18-2/h3-6H,1-2H3. The van der Waals surface area contributed by atoms with Crippen LogP contribution in [0.15, 0.2) is 24.8 Å². The Bertz CT molecular complexity index is 568. The molecule has 1 aromatic carbocycles. The summed E-state index contributed by atoms with van der Waals surface area (Å²) in [6, 6.07) is 2.77. The number of nitro groups is 1. The molecule has 2 aromatic rings. The summed E-state index contributed by atoms with van der Waals surface area (Å²) in [7, 11) is 2.87. The molecule has 1 aromatic heterocycles. The zero-order valence-electron chi connectivity index (χ0n) is 9.73. The minimum absolute atomic E-state index is 0.141. The SMILES string of the molecule is COc1cc(-n2cncn2)c([N+](=O)[O-])cc1OC. The third-order valence-corrected chi connectivity index (χ3v) is 2.34. The molecule has 1 heterocycles. The van der Waals surface area contributed by atoms with Crippen LogP contribution in [0.25, 0.3) is 5.69 Å². The fourth-order valence-corrected chi connectivity index (χ4v) is 1.52. The molecule has 2 rings (SSSR count). The van der Waals surface area contributed by atoms with Crippen LogP contribution in [0.5, 0.6) is 11.5 Å². The fourth-order valence-electron chi connectivity index (χ4n) is 1.52. The van der Waals surface area contributed by atoms with E-state index >= 15 is 0 Å². The van der Waals surface area contributed by atoms with Crippen LogP contribution in [0.1, 0.15) is 0 Å². The number of nitrogens with zero attached hydrogens (tertiary/aromatic N) is 4. The number of benzene rings is 1. The Balaban J connectivity index is 2.66. The lowest BCUT2D eigenvalue weighted by Crippen LogP contribution is -2.02. The van der Waals surface area contributed by atoms with Crippen molar-refractivity contribution in [2.24, 2.45) is 0 Å². The van der Waals surface area contributed by atoms with Gasteiger partial charge in [0.15, 0.2) is 11.5 Å². The van der Waals surface area contributed by atoms with E-state index < -0.39 is 4.92 Å². The van der Waals surface area contributed by atoms with Crippen LogP contribution in [-0.4, -0.2) is 33.9 Å². The van der Waals surface area contributed by atoms with Gasteiger partial charge in [0.05, 0.1) is 25.2 Å². The Morgan fingerprint density at radius 1 is 1.28 bits per heavy atom. The van der Waals surface area contributed by atoms with Gasteiger partial charge in [-0.3, -0.25) is 10.1 Å². The number of nitro benzene ring substituents is 1. The number of ether oxygens (including phenoxy) is 2. The molecule has 0 atom stereocenters. The average Bonchev–Trinajstić information content (AvgIpc) is 2.90. The Morgan fingerprint density at radius 2 is 1.94 bits per heavy atom. The van der Waals surface area contributed by atoms with Crippen LogP contribution in [0.2, 0.25) is 0 Å². The molecular formula is C10H10N4O4. The van der Waals surface area contributed by atoms with E-state index in [-0.39, 0.29) is 17.1 Å². The third-order valence-electron chi connectivity index (χ3n) is 2.34. The van der Waals surface area contributed by atoms with Crippen molar-refractivity contribution in [2.75, 3.05) is 14.2 Å². The smallest absolute Gasteiger partial charge is 0.298 e. The molecule has 0 radical (unpaired) electrons. The maximum atomic E-state index is 11.0. The van der Waals surface area contributed by atoms with E-state index in [0.717, 1.165) is 0 Å². The van der Waals surface area contributed by atoms with Crippen molar-refractivity contribution in [1.29, 1.82) is 0 Å². The number of hydrogen-bond acceptors (Lipinski definition) is 6. The lowest BCUT2D eigenvalue weighted by molar-refractivity contribution is -0.384. The van der Waals surface area contributed by atoms with E-state index in [1.807, 2.05) is 0 Å². The monoisotopic (exact) mass is 250 g/mol. The number of rotatable bonds is 4. The zero-order valence-corrected chi connectivity index (χ0v) is 9.73. The van der Waals surface area contributed by atoms with Crippen molar-refractivity contribution < 1.29 is 14.4 Å². The van der Waals surface area contributed by atoms with Gasteiger partial charge in [0.1, 0.15) is 18.3 Å². The normalized spacial score (nSPS) is 10.1. The largest absolute Gasteiger partial charge is 0.493 e. The van der Waals surface area contributed by atoms with Gasteiger partial charge in [0.2, 0.25) is 0 Å². The summed E-state index contributed by atoms with van der Waals surface area (Å²) in [4.78, 5) is 14.3. The zero-order chi connectivity index (χ0) is 13.1. The number of hydrogen-bond donors (Lipinski definition) is 0. The van der Waals surface area contributed by atoms with E-state index in [1.165, 1.54) is 43.7 Å². The van der Waals surface area contributed by atoms with Crippen molar-refractivity contribution in [3.8, 4) is 17.2 Å². The van der Waals surface area contributed by atoms with Crippen LogP contribution in [0.3, 0.4) is 0 Å². The summed E-state index contributed by atoms with van der Waals surface area (Å²) in [5.74, 6) is 0.668. The Labute approximate surface area is 102 Å². The minimum atomic E-state index is -0.515. The maximum Gasteiger partial charge on any atom is 0.298 e. The van der Waals surface area contributed by atoms with Crippen LogP contribution in [0, 0.1) is 10.1 Å². The quantitative estimate of drug-likeness (QED) is 0.597. The summed E-state index contributed by atoms with van der Waals surface area (Å²) in [6.07, 6.45) is 2.66. The average molecular weight is 250 g/mol. The predicted molar refractivity (Wildman–Crippen MR) is 61.1 cm³/mol. The van der Waals surface area contributed by atoms with Gasteiger partial charge < -0.3 is 9.47 Å². The van der Waals surface area contributed by atoms with Crippen molar-refractivity contribution in [3.05, 3.63) is 34.9 Å². The van der Waals surface area contributed by atoms with E-state index in [4.69, 9.17) is 9.47 Å². The van der Waals surface area contributed by atoms with Crippen molar-refractivity contribution in [1.82, 2.24) is 14.8 Å². The van der Waals surface area contributed by atoms with Crippen molar-refractivity contribution in [3.63, 3.8) is 0 Å². The first-order valence-corrected chi connectivity index (χ1v) is 4.92. The van der Waals surface area contributed by atoms with Crippen LogP contribution in [-0.2, 0) is 0 Å². The summed E-state index contributed by atoms with van der Waals surface area (Å²) >= 11 is 0. The summed E-state index contributed by atoms with van der Waals surface area (Å²) in [5.41, 5.74) is 0.119. The first-order valence-electron chi connectivity index (χ1n) is 4.92. The van der Waals surface area contributed by atoms with E-state index in [0.29, 0.717) is 5.75 Å². The van der Waals surface area contributed by atoms with Crippen LogP contribution in [0.4, 0.5) is 5.69 Å². The summed E-state index contributed by atoms with van der Waals surface area (Å²) < 4.78 is 11.4. The summed E-state index contributed by atoms with van der Waals surface area (Å²) in [6.45, 7) is 0. The predicted octanol–water partition coefficient (Wildman–Crippen LogP) is 1.19. The lowest BCUT2D eigenvalue weighted by Gasteiger charge is -2.10. The molecule has 0 aliphatic rings. The van der Waals surface area contributed by atoms with E-state index in [2.05, 4.69) is 10.1 Å². The van der Waals surface area contributed by atoms with Crippen molar-refractivity contribution >= 4 is 5.69 Å². The molecule has 0 aliphatic carbocycles. The molecule has 0 saturated heterocycles. The molecule has 0 bridgehead atoms. The van der Waals surface area contributed by atoms with Gasteiger partial charge in [0, 0.05) is 6.07 Å². The Hall–Kier alpha value is -2.64. The van der Waals surface area contributed by atoms with Crippen LogP contribution < -0.4 is 9.47 Å². The van der Waals surface area contributed by atoms with Gasteiger partial charge >= 0.3 is 0 Å². The van der Waals surface area contributed by atoms with Gasteiger partial charge in [-0.2, -0.15) is 5.10 Å². The molecule has 0 spiro atoms. The van der Waals surface area contributed by atoms with E-state index in [1.54, 1.807) is 0 Å². The molecule has 0 amide bonds. The summed E-state index contributed by atoms with van der Waals surface area (Å²) in [5, 5.41) is 14.9. The first-order chi connectivity index (χ1) is 8.67. The molecule has 18 heavy (non-hydrogen) atoms. The van der Waals surface area contributed by atoms with Crippen molar-refractivity contribution in [2.45, 2.75) is 0 Å². The minimum Gasteiger partial charge on any atom is -0.493 e. The second kappa shape index (κ2) is 4.70. The van der Waals surface area contributed by atoms with Gasteiger partial charge in [-0.05, 0) is 0 Å². The van der Waals surface area contributed by atoms with E-state index in [9.17, 15) is 10.1 Å². The highest BCUT2D eigenvalue weighted by molar-refractivity contribution is 5.61. The molecule has 8 heteroatoms. The molecular weight excluding hydrogens is 240 g/mol. The molecule has 94 valence electrons. The fraction of sp³-hybridized carbons (Fsp3) is 0.200. The Kier molecular flexibility index (Phi) is 3.09. The third kappa shape index (κ3) is 1.95. The second-order valence-corrected chi connectivity index (χ2v) is 3.29. The van der Waals surface area contributed by atoms with Crippen LogP contribution >= 0.6 is 0 Å². The second-order valence-electron chi connectivity index (χ2n) is 3.29. The molecule has 0 saturated carbocycles. The topological polar surface area (TPSA) is 92.3 Å². The molecule has 0 unspecified atom stereocenters. The highest BCUT2D eigenvalue weighted by Gasteiger charge is 2.21. The first kappa shape index (κ1) is 11.8. The lowest BCUT2D eigenvalue weighted by atomic mass is 10.2. The highest BCUT2D eigenvalue weighted by Crippen LogP contribution is 2.35. The highest BCUT2D eigenvalue weighted by atomic mass is 16.6. The molecule has 0 aliphatic heterocycles. The van der Waals surface area contributed by atoms with Gasteiger partial charge in [-0.1, -0.05) is 0 Å².